The minimum absolute atomic E-state index is 0.0639. The van der Waals surface area contributed by atoms with E-state index in [1.165, 1.54) is 12.1 Å². The molecule has 3 N–H and O–H groups in total. The van der Waals surface area contributed by atoms with Crippen LogP contribution in [0.5, 0.6) is 0 Å². The largest absolute Gasteiger partial charge is 0.448 e. The second-order valence-corrected chi connectivity index (χ2v) is 3.58. The molecule has 0 atom stereocenters. The van der Waals surface area contributed by atoms with E-state index >= 15 is 0 Å². The van der Waals surface area contributed by atoms with Gasteiger partial charge in [-0.1, -0.05) is 5.92 Å². The first-order valence-electron chi connectivity index (χ1n) is 5.34. The van der Waals surface area contributed by atoms with Crippen molar-refractivity contribution in [1.29, 1.82) is 0 Å². The molecule has 0 aliphatic heterocycles. The smallest absolute Gasteiger partial charge is 0.234 e. The van der Waals surface area contributed by atoms with Gasteiger partial charge in [-0.3, -0.25) is 4.79 Å². The van der Waals surface area contributed by atoms with Gasteiger partial charge >= 0.3 is 0 Å². The van der Waals surface area contributed by atoms with Gasteiger partial charge in [0.2, 0.25) is 5.91 Å². The third-order valence-corrected chi connectivity index (χ3v) is 2.25. The van der Waals surface area contributed by atoms with Gasteiger partial charge in [-0.05, 0) is 24.1 Å². The van der Waals surface area contributed by atoms with E-state index in [0.717, 1.165) is 0 Å². The van der Waals surface area contributed by atoms with Crippen molar-refractivity contribution in [2.24, 2.45) is 5.73 Å². The van der Waals surface area contributed by atoms with Crippen LogP contribution in [0.4, 0.5) is 4.39 Å². The zero-order chi connectivity index (χ0) is 13.0. The van der Waals surface area contributed by atoms with E-state index in [-0.39, 0.29) is 24.8 Å². The van der Waals surface area contributed by atoms with E-state index in [2.05, 4.69) is 17.2 Å². The number of hydrogen-bond donors (Lipinski definition) is 2. The van der Waals surface area contributed by atoms with Crippen molar-refractivity contribution in [3.05, 3.63) is 35.8 Å². The number of carbonyl (C=O) groups excluding carboxylic acids is 1. The highest BCUT2D eigenvalue weighted by Gasteiger charge is 2.02. The number of hydrogen-bond acceptors (Lipinski definition) is 3. The average Bonchev–Trinajstić information content (AvgIpc) is 2.76. The maximum absolute atomic E-state index is 12.9. The highest BCUT2D eigenvalue weighted by atomic mass is 19.1. The minimum Gasteiger partial charge on any atom is -0.448 e. The van der Waals surface area contributed by atoms with Gasteiger partial charge in [-0.25, -0.2) is 4.39 Å². The molecule has 18 heavy (non-hydrogen) atoms. The molecule has 0 saturated heterocycles. The number of nitrogens with two attached hydrogens (primary N) is 1. The molecular formula is C13H11FN2O2. The van der Waals surface area contributed by atoms with E-state index in [9.17, 15) is 9.18 Å². The molecule has 0 spiro atoms. The first-order valence-corrected chi connectivity index (χ1v) is 5.34. The predicted octanol–water partition coefficient (Wildman–Crippen LogP) is 0.998. The molecule has 4 nitrogen and oxygen atoms in total. The first-order chi connectivity index (χ1) is 8.69. The number of rotatable bonds is 2. The van der Waals surface area contributed by atoms with Crippen LogP contribution in [0.25, 0.3) is 11.0 Å². The molecule has 0 aliphatic rings. The summed E-state index contributed by atoms with van der Waals surface area (Å²) in [6, 6.07) is 5.90. The molecule has 0 unspecified atom stereocenters. The van der Waals surface area contributed by atoms with Crippen molar-refractivity contribution in [1.82, 2.24) is 5.32 Å². The predicted molar refractivity (Wildman–Crippen MR) is 65.1 cm³/mol. The average molecular weight is 246 g/mol. The lowest BCUT2D eigenvalue weighted by molar-refractivity contribution is -0.119. The normalized spacial score (nSPS) is 9.89. The topological polar surface area (TPSA) is 68.3 Å². The van der Waals surface area contributed by atoms with Crippen LogP contribution in [-0.4, -0.2) is 19.0 Å². The number of furan rings is 1. The molecule has 1 amide bonds. The number of fused-ring (bicyclic) bond motifs is 1. The van der Waals surface area contributed by atoms with E-state index in [0.29, 0.717) is 16.7 Å². The Bertz CT molecular complexity index is 637. The molecule has 0 radical (unpaired) electrons. The fraction of sp³-hybridized carbons (Fsp3) is 0.154. The number of carbonyl (C=O) groups is 1. The van der Waals surface area contributed by atoms with E-state index in [4.69, 9.17) is 10.2 Å². The molecule has 0 bridgehead atoms. The summed E-state index contributed by atoms with van der Waals surface area (Å²) in [5, 5.41) is 3.16. The Morgan fingerprint density at radius 2 is 2.28 bits per heavy atom. The minimum atomic E-state index is -0.321. The van der Waals surface area contributed by atoms with Crippen LogP contribution in [0, 0.1) is 17.7 Å². The van der Waals surface area contributed by atoms with Gasteiger partial charge in [0.1, 0.15) is 11.4 Å². The van der Waals surface area contributed by atoms with Gasteiger partial charge in [0.05, 0.1) is 13.1 Å². The van der Waals surface area contributed by atoms with E-state index < -0.39 is 0 Å². The van der Waals surface area contributed by atoms with Crippen LogP contribution in [-0.2, 0) is 4.79 Å². The Morgan fingerprint density at radius 1 is 1.44 bits per heavy atom. The van der Waals surface area contributed by atoms with Crippen LogP contribution < -0.4 is 11.1 Å². The standard InChI is InChI=1S/C13H11FN2O2/c14-10-3-4-12-9(6-10)7-11(18-12)2-1-5-16-13(17)8-15/h3-4,6-7H,5,8,15H2,(H,16,17). The van der Waals surface area contributed by atoms with Crippen LogP contribution >= 0.6 is 0 Å². The molecule has 5 heteroatoms. The third kappa shape index (κ3) is 2.87. The Kier molecular flexibility index (Phi) is 3.60. The number of amides is 1. The number of benzene rings is 1. The summed E-state index contributed by atoms with van der Waals surface area (Å²) >= 11 is 0. The van der Waals surface area contributed by atoms with Gasteiger partial charge < -0.3 is 15.5 Å². The maximum Gasteiger partial charge on any atom is 0.234 e. The van der Waals surface area contributed by atoms with Crippen molar-refractivity contribution in [3.8, 4) is 11.8 Å². The van der Waals surface area contributed by atoms with Crippen molar-refractivity contribution in [3.63, 3.8) is 0 Å². The lowest BCUT2D eigenvalue weighted by atomic mass is 10.2. The summed E-state index contributed by atoms with van der Waals surface area (Å²) in [5.41, 5.74) is 5.69. The number of nitrogens with one attached hydrogen (secondary N) is 1. The quantitative estimate of drug-likeness (QED) is 0.777. The number of halogens is 1. The third-order valence-electron chi connectivity index (χ3n) is 2.25. The molecule has 0 saturated carbocycles. The highest BCUT2D eigenvalue weighted by Crippen LogP contribution is 2.19. The van der Waals surface area contributed by atoms with Crippen LogP contribution in [0.3, 0.4) is 0 Å². The summed E-state index contributed by atoms with van der Waals surface area (Å²) in [7, 11) is 0. The maximum atomic E-state index is 12.9. The van der Waals surface area contributed by atoms with Crippen molar-refractivity contribution < 1.29 is 13.6 Å². The lowest BCUT2D eigenvalue weighted by Crippen LogP contribution is -2.30. The van der Waals surface area contributed by atoms with Gasteiger partial charge in [-0.15, -0.1) is 0 Å². The summed E-state index contributed by atoms with van der Waals surface area (Å²) in [4.78, 5) is 10.8. The van der Waals surface area contributed by atoms with Crippen LogP contribution in [0.2, 0.25) is 0 Å². The molecule has 92 valence electrons. The van der Waals surface area contributed by atoms with E-state index in [1.807, 2.05) is 0 Å². The molecule has 1 heterocycles. The summed E-state index contributed by atoms with van der Waals surface area (Å²) < 4.78 is 18.3. The van der Waals surface area contributed by atoms with Gasteiger partial charge in [0, 0.05) is 11.5 Å². The SMILES string of the molecule is NCC(=O)NCC#Cc1cc2cc(F)ccc2o1. The molecule has 2 rings (SSSR count). The second kappa shape index (κ2) is 5.34. The lowest BCUT2D eigenvalue weighted by Gasteiger charge is -1.94. The molecule has 0 aliphatic carbocycles. The summed E-state index contributed by atoms with van der Waals surface area (Å²) in [6.07, 6.45) is 0. The monoisotopic (exact) mass is 246 g/mol. The fourth-order valence-corrected chi connectivity index (χ4v) is 1.42. The van der Waals surface area contributed by atoms with Crippen molar-refractivity contribution >= 4 is 16.9 Å². The van der Waals surface area contributed by atoms with Crippen molar-refractivity contribution in [2.45, 2.75) is 0 Å². The first kappa shape index (κ1) is 12.1. The molecule has 2 aromatic rings. The Morgan fingerprint density at radius 3 is 3.06 bits per heavy atom. The van der Waals surface area contributed by atoms with Crippen molar-refractivity contribution in [2.75, 3.05) is 13.1 Å². The van der Waals surface area contributed by atoms with E-state index in [1.54, 1.807) is 12.1 Å². The summed E-state index contributed by atoms with van der Waals surface area (Å²) in [6.45, 7) is 0.132. The Labute approximate surface area is 103 Å². The van der Waals surface area contributed by atoms with Crippen LogP contribution in [0.15, 0.2) is 28.7 Å². The zero-order valence-corrected chi connectivity index (χ0v) is 9.50. The Balaban J connectivity index is 2.08. The molecule has 1 aromatic carbocycles. The zero-order valence-electron chi connectivity index (χ0n) is 9.50. The highest BCUT2D eigenvalue weighted by molar-refractivity contribution is 5.79. The van der Waals surface area contributed by atoms with Gasteiger partial charge in [-0.2, -0.15) is 0 Å². The van der Waals surface area contributed by atoms with Gasteiger partial charge in [0.25, 0.3) is 0 Å². The molecule has 0 fully saturated rings. The molecule has 1 aromatic heterocycles. The Hall–Kier alpha value is -2.32. The van der Waals surface area contributed by atoms with Crippen LogP contribution in [0.1, 0.15) is 5.76 Å². The summed E-state index contributed by atoms with van der Waals surface area (Å²) in [5.74, 6) is 5.30. The molecular weight excluding hydrogens is 235 g/mol. The second-order valence-electron chi connectivity index (χ2n) is 3.58. The van der Waals surface area contributed by atoms with Gasteiger partial charge in [0.15, 0.2) is 5.76 Å². The fourth-order valence-electron chi connectivity index (χ4n) is 1.42.